The number of carbonyl (C=O) groups excluding carboxylic acids is 2. The molecule has 1 atom stereocenters. The van der Waals surface area contributed by atoms with Crippen LogP contribution >= 0.6 is 0 Å². The number of nitrogens with one attached hydrogen (secondary N) is 1. The van der Waals surface area contributed by atoms with Gasteiger partial charge in [0.05, 0.1) is 12.6 Å². The molecular formula is C19H29N3O2. The summed E-state index contributed by atoms with van der Waals surface area (Å²) in [5.41, 5.74) is 6.93. The molecule has 0 heterocycles. The van der Waals surface area contributed by atoms with Crippen molar-refractivity contribution in [3.05, 3.63) is 35.9 Å². The highest BCUT2D eigenvalue weighted by molar-refractivity contribution is 5.87. The minimum Gasteiger partial charge on any atom is -0.346 e. The van der Waals surface area contributed by atoms with Crippen molar-refractivity contribution in [2.45, 2.75) is 45.7 Å². The van der Waals surface area contributed by atoms with Gasteiger partial charge in [-0.2, -0.15) is 0 Å². The highest BCUT2D eigenvalue weighted by atomic mass is 16.2. The Morgan fingerprint density at radius 2 is 1.92 bits per heavy atom. The zero-order valence-electron chi connectivity index (χ0n) is 14.7. The number of carbonyl (C=O) groups is 2. The summed E-state index contributed by atoms with van der Waals surface area (Å²) in [5.74, 6) is 0.332. The molecule has 0 aromatic heterocycles. The van der Waals surface area contributed by atoms with Crippen LogP contribution in [0, 0.1) is 11.8 Å². The molecule has 0 spiro atoms. The van der Waals surface area contributed by atoms with Gasteiger partial charge < -0.3 is 16.0 Å². The molecule has 24 heavy (non-hydrogen) atoms. The number of nitrogens with two attached hydrogens (primary N) is 1. The molecule has 2 amide bonds. The van der Waals surface area contributed by atoms with Crippen LogP contribution in [0.4, 0.5) is 0 Å². The van der Waals surface area contributed by atoms with Crippen LogP contribution in [0.5, 0.6) is 0 Å². The lowest BCUT2D eigenvalue weighted by Crippen LogP contribution is -2.48. The van der Waals surface area contributed by atoms with Crippen molar-refractivity contribution in [1.29, 1.82) is 0 Å². The van der Waals surface area contributed by atoms with E-state index in [1.807, 2.05) is 49.1 Å². The van der Waals surface area contributed by atoms with E-state index in [0.717, 1.165) is 12.1 Å². The second kappa shape index (κ2) is 8.83. The number of amides is 2. The maximum atomic E-state index is 12.6. The van der Waals surface area contributed by atoms with Crippen LogP contribution in [0.2, 0.25) is 0 Å². The predicted molar refractivity (Wildman–Crippen MR) is 95.0 cm³/mol. The Labute approximate surface area is 144 Å². The zero-order chi connectivity index (χ0) is 17.5. The highest BCUT2D eigenvalue weighted by Gasteiger charge is 2.25. The van der Waals surface area contributed by atoms with Crippen LogP contribution in [0.25, 0.3) is 0 Å². The first-order chi connectivity index (χ1) is 11.5. The molecule has 1 aliphatic rings. The van der Waals surface area contributed by atoms with Crippen LogP contribution in [0.3, 0.4) is 0 Å². The minimum atomic E-state index is -0.577. The van der Waals surface area contributed by atoms with E-state index < -0.39 is 6.04 Å². The van der Waals surface area contributed by atoms with Crippen LogP contribution in [-0.2, 0) is 16.1 Å². The normalized spacial score (nSPS) is 15.7. The second-order valence-corrected chi connectivity index (χ2v) is 7.04. The van der Waals surface area contributed by atoms with Gasteiger partial charge in [0.25, 0.3) is 0 Å². The molecule has 0 aliphatic heterocycles. The molecular weight excluding hydrogens is 302 g/mol. The Kier molecular flexibility index (Phi) is 6.79. The van der Waals surface area contributed by atoms with Gasteiger partial charge in [0.1, 0.15) is 0 Å². The molecule has 0 saturated heterocycles. The lowest BCUT2D eigenvalue weighted by atomic mass is 9.85. The fourth-order valence-electron chi connectivity index (χ4n) is 2.74. The summed E-state index contributed by atoms with van der Waals surface area (Å²) in [6.45, 7) is 5.15. The zero-order valence-corrected chi connectivity index (χ0v) is 14.7. The summed E-state index contributed by atoms with van der Waals surface area (Å²) in [7, 11) is 0. The third kappa shape index (κ3) is 5.34. The fraction of sp³-hybridized carbons (Fsp3) is 0.579. The maximum Gasteiger partial charge on any atom is 0.242 e. The third-order valence-electron chi connectivity index (χ3n) is 4.71. The van der Waals surface area contributed by atoms with Gasteiger partial charge >= 0.3 is 0 Å². The van der Waals surface area contributed by atoms with Crippen LogP contribution in [0.1, 0.15) is 38.7 Å². The van der Waals surface area contributed by atoms with E-state index in [-0.39, 0.29) is 24.3 Å². The molecule has 1 saturated carbocycles. The van der Waals surface area contributed by atoms with Crippen molar-refractivity contribution in [2.75, 3.05) is 13.1 Å². The molecule has 0 unspecified atom stereocenters. The summed E-state index contributed by atoms with van der Waals surface area (Å²) in [6.07, 6.45) is 3.62. The highest BCUT2D eigenvalue weighted by Crippen LogP contribution is 2.27. The van der Waals surface area contributed by atoms with Crippen molar-refractivity contribution in [3.63, 3.8) is 0 Å². The number of hydrogen-bond acceptors (Lipinski definition) is 3. The Hall–Kier alpha value is -1.88. The molecule has 1 aromatic rings. The van der Waals surface area contributed by atoms with E-state index in [2.05, 4.69) is 5.32 Å². The van der Waals surface area contributed by atoms with Crippen molar-refractivity contribution in [2.24, 2.45) is 17.6 Å². The van der Waals surface area contributed by atoms with Gasteiger partial charge in [-0.25, -0.2) is 0 Å². The van der Waals surface area contributed by atoms with Crippen molar-refractivity contribution in [3.8, 4) is 0 Å². The second-order valence-electron chi connectivity index (χ2n) is 7.04. The van der Waals surface area contributed by atoms with E-state index in [9.17, 15) is 9.59 Å². The van der Waals surface area contributed by atoms with E-state index in [4.69, 9.17) is 5.73 Å². The lowest BCUT2D eigenvalue weighted by molar-refractivity contribution is -0.134. The maximum absolute atomic E-state index is 12.6. The minimum absolute atomic E-state index is 0.0127. The first kappa shape index (κ1) is 18.5. The number of nitrogens with zero attached hydrogens (tertiary/aromatic N) is 1. The first-order valence-electron chi connectivity index (χ1n) is 8.82. The summed E-state index contributed by atoms with van der Waals surface area (Å²) in [6, 6.07) is 9.39. The first-order valence-corrected chi connectivity index (χ1v) is 8.82. The van der Waals surface area contributed by atoms with E-state index in [1.54, 1.807) is 0 Å². The van der Waals surface area contributed by atoms with Gasteiger partial charge in [-0.1, -0.05) is 50.6 Å². The SMILES string of the molecule is CC(C)[C@H](N)C(=O)NCC(=O)N(Cc1ccccc1)CC1CCC1. The van der Waals surface area contributed by atoms with E-state index >= 15 is 0 Å². The molecule has 3 N–H and O–H groups in total. The number of hydrogen-bond donors (Lipinski definition) is 2. The van der Waals surface area contributed by atoms with E-state index in [1.165, 1.54) is 19.3 Å². The van der Waals surface area contributed by atoms with Gasteiger partial charge in [-0.3, -0.25) is 9.59 Å². The summed E-state index contributed by atoms with van der Waals surface area (Å²) in [5, 5.41) is 2.68. The summed E-state index contributed by atoms with van der Waals surface area (Å²) in [4.78, 5) is 26.4. The van der Waals surface area contributed by atoms with Gasteiger partial charge in [0, 0.05) is 13.1 Å². The van der Waals surface area contributed by atoms with Gasteiger partial charge in [0.2, 0.25) is 11.8 Å². The predicted octanol–water partition coefficient (Wildman–Crippen LogP) is 1.91. The van der Waals surface area contributed by atoms with Crippen molar-refractivity contribution >= 4 is 11.8 Å². The number of rotatable bonds is 8. The van der Waals surface area contributed by atoms with E-state index in [0.29, 0.717) is 12.5 Å². The molecule has 5 heteroatoms. The standard InChI is InChI=1S/C19H29N3O2/c1-14(2)18(20)19(24)21-11-17(23)22(13-16-9-6-10-16)12-15-7-4-3-5-8-15/h3-5,7-8,14,16,18H,6,9-13,20H2,1-2H3,(H,21,24)/t18-/m0/s1. The van der Waals surface area contributed by atoms with Crippen LogP contribution < -0.4 is 11.1 Å². The molecule has 2 rings (SSSR count). The number of benzene rings is 1. The lowest BCUT2D eigenvalue weighted by Gasteiger charge is -2.32. The Bertz CT molecular complexity index is 541. The Balaban J connectivity index is 1.92. The largest absolute Gasteiger partial charge is 0.346 e. The average molecular weight is 331 g/mol. The smallest absolute Gasteiger partial charge is 0.242 e. The summed E-state index contributed by atoms with van der Waals surface area (Å²) < 4.78 is 0. The van der Waals surface area contributed by atoms with Crippen molar-refractivity contribution < 1.29 is 9.59 Å². The molecule has 1 fully saturated rings. The molecule has 5 nitrogen and oxygen atoms in total. The quantitative estimate of drug-likeness (QED) is 0.764. The third-order valence-corrected chi connectivity index (χ3v) is 4.71. The summed E-state index contributed by atoms with van der Waals surface area (Å²) >= 11 is 0. The van der Waals surface area contributed by atoms with Crippen molar-refractivity contribution in [1.82, 2.24) is 10.2 Å². The molecule has 132 valence electrons. The Morgan fingerprint density at radius 3 is 2.46 bits per heavy atom. The van der Waals surface area contributed by atoms with Gasteiger partial charge in [-0.15, -0.1) is 0 Å². The topological polar surface area (TPSA) is 75.4 Å². The molecule has 1 aromatic carbocycles. The van der Waals surface area contributed by atoms with Gasteiger partial charge in [0.15, 0.2) is 0 Å². The Morgan fingerprint density at radius 1 is 1.25 bits per heavy atom. The monoisotopic (exact) mass is 331 g/mol. The fourth-order valence-corrected chi connectivity index (χ4v) is 2.74. The molecule has 0 radical (unpaired) electrons. The van der Waals surface area contributed by atoms with Gasteiger partial charge in [-0.05, 0) is 30.2 Å². The van der Waals surface area contributed by atoms with Crippen LogP contribution in [0.15, 0.2) is 30.3 Å². The molecule has 0 bridgehead atoms. The average Bonchev–Trinajstić information content (AvgIpc) is 2.54. The van der Waals surface area contributed by atoms with Crippen LogP contribution in [-0.4, -0.2) is 35.8 Å². The molecule has 1 aliphatic carbocycles.